The molecule has 1 amide bonds. The minimum atomic E-state index is 0.00999. The Labute approximate surface area is 141 Å². The topological polar surface area (TPSA) is 80.9 Å². The SMILES string of the molecule is Cc1ccc(Cc2nnc(NC(=O)CCCCCCN)s2)cc1. The lowest BCUT2D eigenvalue weighted by Gasteiger charge is -2.01. The Morgan fingerprint density at radius 3 is 2.61 bits per heavy atom. The quantitative estimate of drug-likeness (QED) is 0.691. The molecule has 0 aliphatic rings. The molecular formula is C17H24N4OS. The van der Waals surface area contributed by atoms with E-state index in [1.54, 1.807) is 0 Å². The molecule has 3 N–H and O–H groups in total. The fraction of sp³-hybridized carbons (Fsp3) is 0.471. The van der Waals surface area contributed by atoms with Crippen LogP contribution in [0.15, 0.2) is 24.3 Å². The van der Waals surface area contributed by atoms with Crippen molar-refractivity contribution in [2.45, 2.75) is 45.4 Å². The number of aryl methyl sites for hydroxylation is 1. The predicted octanol–water partition coefficient (Wildman–Crippen LogP) is 3.29. The minimum Gasteiger partial charge on any atom is -0.330 e. The maximum Gasteiger partial charge on any atom is 0.226 e. The summed E-state index contributed by atoms with van der Waals surface area (Å²) >= 11 is 1.44. The largest absolute Gasteiger partial charge is 0.330 e. The van der Waals surface area contributed by atoms with Gasteiger partial charge in [-0.3, -0.25) is 4.79 Å². The van der Waals surface area contributed by atoms with Gasteiger partial charge in [0.1, 0.15) is 5.01 Å². The Kier molecular flexibility index (Phi) is 7.16. The number of hydrogen-bond donors (Lipinski definition) is 2. The molecule has 0 spiro atoms. The molecular weight excluding hydrogens is 308 g/mol. The molecule has 1 aromatic heterocycles. The van der Waals surface area contributed by atoms with Gasteiger partial charge in [0.15, 0.2) is 0 Å². The fourth-order valence-corrected chi connectivity index (χ4v) is 3.01. The molecule has 6 heteroatoms. The zero-order chi connectivity index (χ0) is 16.5. The fourth-order valence-electron chi connectivity index (χ4n) is 2.22. The summed E-state index contributed by atoms with van der Waals surface area (Å²) in [6, 6.07) is 8.36. The monoisotopic (exact) mass is 332 g/mol. The molecule has 0 radical (unpaired) electrons. The van der Waals surface area contributed by atoms with Crippen molar-refractivity contribution in [1.82, 2.24) is 10.2 Å². The molecule has 124 valence electrons. The molecule has 0 aliphatic heterocycles. The predicted molar refractivity (Wildman–Crippen MR) is 94.7 cm³/mol. The van der Waals surface area contributed by atoms with Crippen LogP contribution in [-0.4, -0.2) is 22.6 Å². The Balaban J connectivity index is 1.75. The number of nitrogens with zero attached hydrogens (tertiary/aromatic N) is 2. The molecule has 2 rings (SSSR count). The number of rotatable bonds is 9. The Hall–Kier alpha value is -1.79. The summed E-state index contributed by atoms with van der Waals surface area (Å²) in [5, 5.41) is 12.5. The second kappa shape index (κ2) is 9.37. The highest BCUT2D eigenvalue weighted by Gasteiger charge is 2.08. The molecule has 5 nitrogen and oxygen atoms in total. The highest BCUT2D eigenvalue weighted by Crippen LogP contribution is 2.19. The van der Waals surface area contributed by atoms with Gasteiger partial charge in [0.2, 0.25) is 11.0 Å². The third kappa shape index (κ3) is 6.46. The van der Waals surface area contributed by atoms with Gasteiger partial charge < -0.3 is 11.1 Å². The van der Waals surface area contributed by atoms with Crippen LogP contribution < -0.4 is 11.1 Å². The van der Waals surface area contributed by atoms with Gasteiger partial charge in [-0.15, -0.1) is 10.2 Å². The molecule has 0 bridgehead atoms. The lowest BCUT2D eigenvalue weighted by molar-refractivity contribution is -0.116. The van der Waals surface area contributed by atoms with Gasteiger partial charge in [-0.25, -0.2) is 0 Å². The lowest BCUT2D eigenvalue weighted by Crippen LogP contribution is -2.10. The zero-order valence-corrected chi connectivity index (χ0v) is 14.4. The van der Waals surface area contributed by atoms with Crippen molar-refractivity contribution < 1.29 is 4.79 Å². The minimum absolute atomic E-state index is 0.00999. The van der Waals surface area contributed by atoms with E-state index in [1.807, 2.05) is 0 Å². The molecule has 0 atom stereocenters. The van der Waals surface area contributed by atoms with Crippen LogP contribution in [0.1, 0.15) is 48.2 Å². The molecule has 0 saturated heterocycles. The summed E-state index contributed by atoms with van der Waals surface area (Å²) in [5.74, 6) is 0.00999. The summed E-state index contributed by atoms with van der Waals surface area (Å²) in [6.45, 7) is 2.79. The van der Waals surface area contributed by atoms with Crippen LogP contribution in [-0.2, 0) is 11.2 Å². The van der Waals surface area contributed by atoms with E-state index >= 15 is 0 Å². The van der Waals surface area contributed by atoms with E-state index in [0.29, 0.717) is 11.6 Å². The van der Waals surface area contributed by atoms with Gasteiger partial charge in [0.05, 0.1) is 0 Å². The van der Waals surface area contributed by atoms with Crippen LogP contribution in [0.3, 0.4) is 0 Å². The Morgan fingerprint density at radius 2 is 1.87 bits per heavy atom. The van der Waals surface area contributed by atoms with E-state index in [-0.39, 0.29) is 5.91 Å². The van der Waals surface area contributed by atoms with Crippen molar-refractivity contribution in [1.29, 1.82) is 0 Å². The van der Waals surface area contributed by atoms with E-state index in [4.69, 9.17) is 5.73 Å². The standard InChI is InChI=1S/C17H24N4OS/c1-13-7-9-14(10-8-13)12-16-20-21-17(23-16)19-15(22)6-4-2-3-5-11-18/h7-10H,2-6,11-12,18H2,1H3,(H,19,21,22). The van der Waals surface area contributed by atoms with Gasteiger partial charge in [-0.05, 0) is 31.9 Å². The normalized spacial score (nSPS) is 10.7. The van der Waals surface area contributed by atoms with Crippen LogP contribution in [0, 0.1) is 6.92 Å². The lowest BCUT2D eigenvalue weighted by atomic mass is 10.1. The molecule has 2 aromatic rings. The molecule has 0 fully saturated rings. The van der Waals surface area contributed by atoms with Gasteiger partial charge >= 0.3 is 0 Å². The van der Waals surface area contributed by atoms with E-state index in [1.165, 1.54) is 22.5 Å². The summed E-state index contributed by atoms with van der Waals surface area (Å²) in [6.07, 6.45) is 5.31. The molecule has 0 saturated carbocycles. The third-order valence-corrected chi connectivity index (χ3v) is 4.39. The molecule has 1 heterocycles. The van der Waals surface area contributed by atoms with E-state index in [2.05, 4.69) is 46.7 Å². The smallest absolute Gasteiger partial charge is 0.226 e. The van der Waals surface area contributed by atoms with Crippen molar-refractivity contribution in [3.8, 4) is 0 Å². The second-order valence-electron chi connectivity index (χ2n) is 5.66. The molecule has 0 unspecified atom stereocenters. The van der Waals surface area contributed by atoms with Gasteiger partial charge in [0, 0.05) is 12.8 Å². The number of nitrogens with one attached hydrogen (secondary N) is 1. The van der Waals surface area contributed by atoms with Gasteiger partial charge in [-0.1, -0.05) is 54.0 Å². The number of carbonyl (C=O) groups excluding carboxylic acids is 1. The number of aromatic nitrogens is 2. The van der Waals surface area contributed by atoms with Gasteiger partial charge in [0.25, 0.3) is 0 Å². The Morgan fingerprint density at radius 1 is 1.13 bits per heavy atom. The molecule has 23 heavy (non-hydrogen) atoms. The third-order valence-electron chi connectivity index (χ3n) is 3.55. The number of unbranched alkanes of at least 4 members (excludes halogenated alkanes) is 3. The van der Waals surface area contributed by atoms with Crippen LogP contribution in [0.4, 0.5) is 5.13 Å². The van der Waals surface area contributed by atoms with Gasteiger partial charge in [-0.2, -0.15) is 0 Å². The second-order valence-corrected chi connectivity index (χ2v) is 6.73. The van der Waals surface area contributed by atoms with Crippen molar-refractivity contribution in [3.05, 3.63) is 40.4 Å². The zero-order valence-electron chi connectivity index (χ0n) is 13.5. The number of nitrogens with two attached hydrogens (primary N) is 1. The van der Waals surface area contributed by atoms with Crippen LogP contribution in [0.25, 0.3) is 0 Å². The van der Waals surface area contributed by atoms with Crippen molar-refractivity contribution in [3.63, 3.8) is 0 Å². The molecule has 1 aromatic carbocycles. The number of anilines is 1. The van der Waals surface area contributed by atoms with E-state index < -0.39 is 0 Å². The Bertz CT molecular complexity index is 609. The maximum atomic E-state index is 11.9. The van der Waals surface area contributed by atoms with Crippen molar-refractivity contribution in [2.24, 2.45) is 5.73 Å². The van der Waals surface area contributed by atoms with Crippen molar-refractivity contribution >= 4 is 22.4 Å². The highest BCUT2D eigenvalue weighted by atomic mass is 32.1. The number of benzene rings is 1. The average molecular weight is 332 g/mol. The molecule has 0 aliphatic carbocycles. The van der Waals surface area contributed by atoms with Crippen LogP contribution >= 0.6 is 11.3 Å². The van der Waals surface area contributed by atoms with E-state index in [9.17, 15) is 4.79 Å². The van der Waals surface area contributed by atoms with E-state index in [0.717, 1.165) is 43.7 Å². The number of carbonyl (C=O) groups is 1. The summed E-state index contributed by atoms with van der Waals surface area (Å²) in [7, 11) is 0. The highest BCUT2D eigenvalue weighted by molar-refractivity contribution is 7.15. The first-order valence-corrected chi connectivity index (χ1v) is 8.87. The number of amides is 1. The summed E-state index contributed by atoms with van der Waals surface area (Å²) in [4.78, 5) is 11.9. The maximum absolute atomic E-state index is 11.9. The first kappa shape index (κ1) is 17.6. The van der Waals surface area contributed by atoms with Crippen LogP contribution in [0.5, 0.6) is 0 Å². The van der Waals surface area contributed by atoms with Crippen LogP contribution in [0.2, 0.25) is 0 Å². The van der Waals surface area contributed by atoms with Crippen molar-refractivity contribution in [2.75, 3.05) is 11.9 Å². The average Bonchev–Trinajstić information content (AvgIpc) is 2.96. The summed E-state index contributed by atoms with van der Waals surface area (Å²) in [5.41, 5.74) is 7.88. The first-order valence-electron chi connectivity index (χ1n) is 8.05. The summed E-state index contributed by atoms with van der Waals surface area (Å²) < 4.78 is 0. The first-order chi connectivity index (χ1) is 11.2. The number of hydrogen-bond acceptors (Lipinski definition) is 5.